The normalized spacial score (nSPS) is 11.7. The molecule has 9 heteroatoms. The Labute approximate surface area is 168 Å². The van der Waals surface area contributed by atoms with E-state index in [2.05, 4.69) is 38.0 Å². The fourth-order valence-corrected chi connectivity index (χ4v) is 3.71. The molecule has 0 saturated heterocycles. The van der Waals surface area contributed by atoms with E-state index in [-0.39, 0.29) is 4.90 Å². The van der Waals surface area contributed by atoms with Crippen LogP contribution in [-0.4, -0.2) is 27.9 Å². The van der Waals surface area contributed by atoms with E-state index in [0.717, 1.165) is 35.1 Å². The van der Waals surface area contributed by atoms with Gasteiger partial charge in [-0.05, 0) is 42.8 Å². The molecule has 3 heterocycles. The second-order valence-electron chi connectivity index (χ2n) is 6.59. The molecule has 148 valence electrons. The molecule has 0 saturated carbocycles. The van der Waals surface area contributed by atoms with Crippen molar-refractivity contribution in [1.29, 1.82) is 0 Å². The summed E-state index contributed by atoms with van der Waals surface area (Å²) in [5.41, 5.74) is 3.52. The largest absolute Gasteiger partial charge is 0.346 e. The molecule has 0 unspecified atom stereocenters. The van der Waals surface area contributed by atoms with Crippen molar-refractivity contribution in [2.24, 2.45) is 5.14 Å². The molecule has 0 amide bonds. The number of aromatic nitrogens is 4. The standard InChI is InChI=1S/C20H20N6O2S/c1-2-11-26-13-17(16-7-9-22-12-19(16)26)18-8-10-23-20(25-18)24-14-3-5-15(6-4-14)29(21,27)28/h3-10,12-13H,2,11H2,1H3,(H2,21,27,28)(H,23,24,25). The van der Waals surface area contributed by atoms with E-state index < -0.39 is 10.0 Å². The number of fused-ring (bicyclic) bond motifs is 1. The molecule has 1 aromatic carbocycles. The lowest BCUT2D eigenvalue weighted by Crippen LogP contribution is -2.11. The predicted octanol–water partition coefficient (Wildman–Crippen LogP) is 3.29. The summed E-state index contributed by atoms with van der Waals surface area (Å²) in [7, 11) is -3.72. The number of nitrogens with two attached hydrogens (primary N) is 1. The minimum Gasteiger partial charge on any atom is -0.346 e. The van der Waals surface area contributed by atoms with Crippen LogP contribution in [0.15, 0.2) is 66.1 Å². The zero-order valence-electron chi connectivity index (χ0n) is 15.8. The van der Waals surface area contributed by atoms with Gasteiger partial charge >= 0.3 is 0 Å². The number of aryl methyl sites for hydroxylation is 1. The van der Waals surface area contributed by atoms with Crippen LogP contribution in [0.4, 0.5) is 11.6 Å². The lowest BCUT2D eigenvalue weighted by molar-refractivity contribution is 0.598. The van der Waals surface area contributed by atoms with Crippen LogP contribution in [-0.2, 0) is 16.6 Å². The Morgan fingerprint density at radius 3 is 2.62 bits per heavy atom. The first-order valence-electron chi connectivity index (χ1n) is 9.12. The maximum absolute atomic E-state index is 11.4. The quantitative estimate of drug-likeness (QED) is 0.506. The summed E-state index contributed by atoms with van der Waals surface area (Å²) in [5.74, 6) is 0.413. The number of pyridine rings is 1. The second-order valence-corrected chi connectivity index (χ2v) is 8.15. The topological polar surface area (TPSA) is 116 Å². The maximum atomic E-state index is 11.4. The summed E-state index contributed by atoms with van der Waals surface area (Å²) in [5, 5.41) is 9.31. The van der Waals surface area contributed by atoms with Gasteiger partial charge < -0.3 is 9.88 Å². The molecule has 0 aliphatic rings. The zero-order chi connectivity index (χ0) is 20.4. The van der Waals surface area contributed by atoms with Gasteiger partial charge in [0.1, 0.15) is 0 Å². The molecule has 0 fully saturated rings. The lowest BCUT2D eigenvalue weighted by Gasteiger charge is -2.07. The van der Waals surface area contributed by atoms with Crippen LogP contribution in [0.5, 0.6) is 0 Å². The zero-order valence-corrected chi connectivity index (χ0v) is 16.6. The summed E-state index contributed by atoms with van der Waals surface area (Å²) in [6.07, 6.45) is 8.43. The SMILES string of the molecule is CCCn1cc(-c2ccnc(Nc3ccc(S(N)(=O)=O)cc3)n2)c2ccncc21. The highest BCUT2D eigenvalue weighted by Gasteiger charge is 2.12. The fraction of sp³-hybridized carbons (Fsp3) is 0.150. The van der Waals surface area contributed by atoms with Crippen molar-refractivity contribution in [2.45, 2.75) is 24.8 Å². The number of anilines is 2. The summed E-state index contributed by atoms with van der Waals surface area (Å²) in [6.45, 7) is 3.03. The van der Waals surface area contributed by atoms with Gasteiger partial charge in [0.2, 0.25) is 16.0 Å². The molecule has 0 atom stereocenters. The number of primary sulfonamides is 1. The van der Waals surface area contributed by atoms with Gasteiger partial charge in [-0.1, -0.05) is 6.92 Å². The summed E-state index contributed by atoms with van der Waals surface area (Å²) < 4.78 is 25.0. The first kappa shape index (κ1) is 19.0. The first-order chi connectivity index (χ1) is 14.0. The Balaban J connectivity index is 1.67. The number of hydrogen-bond acceptors (Lipinski definition) is 6. The molecule has 0 radical (unpaired) electrons. The van der Waals surface area contributed by atoms with Gasteiger partial charge in [0.25, 0.3) is 0 Å². The van der Waals surface area contributed by atoms with Gasteiger partial charge in [0, 0.05) is 41.8 Å². The third-order valence-electron chi connectivity index (χ3n) is 4.52. The fourth-order valence-electron chi connectivity index (χ4n) is 3.19. The summed E-state index contributed by atoms with van der Waals surface area (Å²) in [6, 6.07) is 9.96. The van der Waals surface area contributed by atoms with Gasteiger partial charge in [0.05, 0.1) is 22.3 Å². The highest BCUT2D eigenvalue weighted by atomic mass is 32.2. The van der Waals surface area contributed by atoms with Crippen molar-refractivity contribution in [1.82, 2.24) is 19.5 Å². The van der Waals surface area contributed by atoms with Crippen LogP contribution in [0.1, 0.15) is 13.3 Å². The molecule has 0 spiro atoms. The minimum absolute atomic E-state index is 0.0510. The van der Waals surface area contributed by atoms with Crippen LogP contribution >= 0.6 is 0 Å². The van der Waals surface area contributed by atoms with E-state index in [1.165, 1.54) is 12.1 Å². The minimum atomic E-state index is -3.72. The van der Waals surface area contributed by atoms with Gasteiger partial charge in [-0.2, -0.15) is 0 Å². The number of hydrogen-bond donors (Lipinski definition) is 2. The molecular weight excluding hydrogens is 388 g/mol. The first-order valence-corrected chi connectivity index (χ1v) is 10.7. The average molecular weight is 408 g/mol. The molecule has 0 aliphatic carbocycles. The third kappa shape index (κ3) is 3.96. The molecule has 0 aliphatic heterocycles. The number of nitrogens with one attached hydrogen (secondary N) is 1. The van der Waals surface area contributed by atoms with E-state index in [4.69, 9.17) is 5.14 Å². The molecule has 4 aromatic rings. The van der Waals surface area contributed by atoms with E-state index in [0.29, 0.717) is 11.6 Å². The van der Waals surface area contributed by atoms with E-state index in [9.17, 15) is 8.42 Å². The molecule has 4 rings (SSSR count). The Morgan fingerprint density at radius 1 is 1.10 bits per heavy atom. The number of nitrogens with zero attached hydrogens (tertiary/aromatic N) is 4. The number of benzene rings is 1. The molecule has 3 N–H and O–H groups in total. The van der Waals surface area contributed by atoms with Crippen LogP contribution in [0, 0.1) is 0 Å². The van der Waals surface area contributed by atoms with E-state index >= 15 is 0 Å². The van der Waals surface area contributed by atoms with Crippen LogP contribution < -0.4 is 10.5 Å². The summed E-state index contributed by atoms with van der Waals surface area (Å²) in [4.78, 5) is 13.2. The summed E-state index contributed by atoms with van der Waals surface area (Å²) >= 11 is 0. The predicted molar refractivity (Wildman–Crippen MR) is 112 cm³/mol. The number of sulfonamides is 1. The maximum Gasteiger partial charge on any atom is 0.238 e. The Kier molecular flexibility index (Phi) is 4.99. The van der Waals surface area contributed by atoms with Crippen molar-refractivity contribution < 1.29 is 8.42 Å². The smallest absolute Gasteiger partial charge is 0.238 e. The highest BCUT2D eigenvalue weighted by molar-refractivity contribution is 7.89. The third-order valence-corrected chi connectivity index (χ3v) is 5.45. The van der Waals surface area contributed by atoms with Crippen molar-refractivity contribution in [2.75, 3.05) is 5.32 Å². The van der Waals surface area contributed by atoms with E-state index in [1.807, 2.05) is 18.3 Å². The van der Waals surface area contributed by atoms with Crippen molar-refractivity contribution in [3.63, 3.8) is 0 Å². The Morgan fingerprint density at radius 2 is 1.90 bits per heavy atom. The van der Waals surface area contributed by atoms with E-state index in [1.54, 1.807) is 24.5 Å². The molecule has 8 nitrogen and oxygen atoms in total. The van der Waals surface area contributed by atoms with Crippen LogP contribution in [0.25, 0.3) is 22.2 Å². The molecule has 0 bridgehead atoms. The molecular formula is C20H20N6O2S. The van der Waals surface area contributed by atoms with Crippen LogP contribution in [0.3, 0.4) is 0 Å². The highest BCUT2D eigenvalue weighted by Crippen LogP contribution is 2.29. The van der Waals surface area contributed by atoms with Gasteiger partial charge in [0.15, 0.2) is 0 Å². The van der Waals surface area contributed by atoms with Gasteiger partial charge in [-0.3, -0.25) is 4.98 Å². The van der Waals surface area contributed by atoms with Crippen LogP contribution in [0.2, 0.25) is 0 Å². The van der Waals surface area contributed by atoms with Crippen molar-refractivity contribution in [3.8, 4) is 11.3 Å². The Hall–Kier alpha value is -3.30. The monoisotopic (exact) mass is 408 g/mol. The van der Waals surface area contributed by atoms with Crippen molar-refractivity contribution in [3.05, 3.63) is 61.2 Å². The molecule has 29 heavy (non-hydrogen) atoms. The average Bonchev–Trinajstić information content (AvgIpc) is 3.07. The second kappa shape index (κ2) is 7.61. The number of rotatable bonds is 6. The van der Waals surface area contributed by atoms with Gasteiger partial charge in [-0.15, -0.1) is 0 Å². The van der Waals surface area contributed by atoms with Crippen molar-refractivity contribution >= 4 is 32.6 Å². The van der Waals surface area contributed by atoms with Gasteiger partial charge in [-0.25, -0.2) is 23.5 Å². The lowest BCUT2D eigenvalue weighted by atomic mass is 10.1. The Bertz CT molecular complexity index is 1270. The molecule has 3 aromatic heterocycles.